The number of carbonyl (C=O) groups excluding carboxylic acids is 1. The number of benzene rings is 1. The third kappa shape index (κ3) is 2.26. The van der Waals surface area contributed by atoms with E-state index in [1.165, 1.54) is 6.92 Å². The van der Waals surface area contributed by atoms with Crippen molar-refractivity contribution in [2.45, 2.75) is 20.8 Å². The van der Waals surface area contributed by atoms with Crippen LogP contribution >= 0.6 is 11.6 Å². The van der Waals surface area contributed by atoms with Crippen molar-refractivity contribution in [3.05, 3.63) is 28.3 Å². The number of halogens is 1. The highest BCUT2D eigenvalue weighted by molar-refractivity contribution is 6.32. The Hall–Kier alpha value is -1.02. The highest BCUT2D eigenvalue weighted by Gasteiger charge is 2.12. The van der Waals surface area contributed by atoms with Crippen LogP contribution in [0.15, 0.2) is 12.1 Å². The fraction of sp³-hybridized carbons (Fsp3) is 0.364. The van der Waals surface area contributed by atoms with Gasteiger partial charge in [0.2, 0.25) is 0 Å². The molecular weight excluding hydrogens is 200 g/mol. The Bertz CT molecular complexity index is 359. The summed E-state index contributed by atoms with van der Waals surface area (Å²) >= 11 is 5.98. The lowest BCUT2D eigenvalue weighted by molar-refractivity contribution is 0.101. The van der Waals surface area contributed by atoms with Crippen LogP contribution in [0.2, 0.25) is 5.02 Å². The average molecular weight is 213 g/mol. The lowest BCUT2D eigenvalue weighted by Crippen LogP contribution is -2.01. The molecule has 0 bridgehead atoms. The Balaban J connectivity index is 3.28. The molecule has 0 spiro atoms. The van der Waals surface area contributed by atoms with Gasteiger partial charge in [-0.15, -0.1) is 0 Å². The second-order valence-electron chi connectivity index (χ2n) is 3.11. The molecule has 76 valence electrons. The number of rotatable bonds is 3. The zero-order valence-electron chi connectivity index (χ0n) is 8.56. The maximum absolute atomic E-state index is 11.3. The van der Waals surface area contributed by atoms with E-state index in [4.69, 9.17) is 16.3 Å². The molecule has 1 rings (SSSR count). The number of hydrogen-bond donors (Lipinski definition) is 0. The van der Waals surface area contributed by atoms with Gasteiger partial charge in [-0.2, -0.15) is 0 Å². The molecule has 0 radical (unpaired) electrons. The van der Waals surface area contributed by atoms with Gasteiger partial charge in [-0.1, -0.05) is 11.6 Å². The standard InChI is InChI=1S/C11H13ClO2/c1-4-14-11-9(8(3)13)5-7(2)6-10(11)12/h5-6H,4H2,1-3H3. The van der Waals surface area contributed by atoms with Crippen molar-refractivity contribution in [3.63, 3.8) is 0 Å². The Labute approximate surface area is 88.8 Å². The highest BCUT2D eigenvalue weighted by Crippen LogP contribution is 2.30. The van der Waals surface area contributed by atoms with E-state index in [1.807, 2.05) is 13.8 Å². The summed E-state index contributed by atoms with van der Waals surface area (Å²) < 4.78 is 5.33. The van der Waals surface area contributed by atoms with E-state index in [9.17, 15) is 4.79 Å². The van der Waals surface area contributed by atoms with Crippen molar-refractivity contribution in [2.24, 2.45) is 0 Å². The van der Waals surface area contributed by atoms with E-state index < -0.39 is 0 Å². The second-order valence-corrected chi connectivity index (χ2v) is 3.52. The first kappa shape index (κ1) is 11.1. The molecule has 0 saturated heterocycles. The molecule has 0 heterocycles. The van der Waals surface area contributed by atoms with Crippen LogP contribution in [0.4, 0.5) is 0 Å². The molecule has 0 amide bonds. The smallest absolute Gasteiger partial charge is 0.163 e. The monoisotopic (exact) mass is 212 g/mol. The summed E-state index contributed by atoms with van der Waals surface area (Å²) in [6.07, 6.45) is 0. The molecule has 0 fully saturated rings. The Morgan fingerprint density at radius 2 is 2.14 bits per heavy atom. The van der Waals surface area contributed by atoms with Gasteiger partial charge in [0.05, 0.1) is 17.2 Å². The van der Waals surface area contributed by atoms with Crippen molar-refractivity contribution in [3.8, 4) is 5.75 Å². The summed E-state index contributed by atoms with van der Waals surface area (Å²) in [4.78, 5) is 11.3. The zero-order valence-corrected chi connectivity index (χ0v) is 9.31. The zero-order chi connectivity index (χ0) is 10.7. The van der Waals surface area contributed by atoms with Gasteiger partial charge < -0.3 is 4.74 Å². The SMILES string of the molecule is CCOc1c(Cl)cc(C)cc1C(C)=O. The molecule has 0 aliphatic rings. The number of ketones is 1. The number of carbonyl (C=O) groups is 1. The molecule has 14 heavy (non-hydrogen) atoms. The molecule has 0 N–H and O–H groups in total. The molecule has 0 aliphatic carbocycles. The number of hydrogen-bond acceptors (Lipinski definition) is 2. The summed E-state index contributed by atoms with van der Waals surface area (Å²) in [5.41, 5.74) is 1.51. The fourth-order valence-corrected chi connectivity index (χ4v) is 1.61. The van der Waals surface area contributed by atoms with Crippen LogP contribution in [-0.4, -0.2) is 12.4 Å². The van der Waals surface area contributed by atoms with Gasteiger partial charge in [0.15, 0.2) is 5.78 Å². The molecule has 0 aromatic heterocycles. The van der Waals surface area contributed by atoms with Gasteiger partial charge in [-0.3, -0.25) is 4.79 Å². The molecule has 2 nitrogen and oxygen atoms in total. The largest absolute Gasteiger partial charge is 0.492 e. The highest BCUT2D eigenvalue weighted by atomic mass is 35.5. The molecule has 0 atom stereocenters. The van der Waals surface area contributed by atoms with Gasteiger partial charge in [0.1, 0.15) is 5.75 Å². The molecule has 0 aliphatic heterocycles. The Morgan fingerprint density at radius 1 is 1.50 bits per heavy atom. The summed E-state index contributed by atoms with van der Waals surface area (Å²) in [6, 6.07) is 3.58. The first-order valence-electron chi connectivity index (χ1n) is 4.50. The van der Waals surface area contributed by atoms with Gasteiger partial charge >= 0.3 is 0 Å². The quantitative estimate of drug-likeness (QED) is 0.719. The minimum atomic E-state index is -0.0287. The number of Topliss-reactive ketones (excluding diaryl/α,β-unsaturated/α-hetero) is 1. The Morgan fingerprint density at radius 3 is 2.64 bits per heavy atom. The van der Waals surface area contributed by atoms with Gasteiger partial charge in [-0.05, 0) is 38.5 Å². The van der Waals surface area contributed by atoms with Crippen molar-refractivity contribution in [1.29, 1.82) is 0 Å². The third-order valence-electron chi connectivity index (χ3n) is 1.86. The Kier molecular flexibility index (Phi) is 3.53. The van der Waals surface area contributed by atoms with Crippen LogP contribution in [0, 0.1) is 6.92 Å². The maximum Gasteiger partial charge on any atom is 0.163 e. The van der Waals surface area contributed by atoms with Crippen molar-refractivity contribution in [1.82, 2.24) is 0 Å². The third-order valence-corrected chi connectivity index (χ3v) is 2.14. The number of aryl methyl sites for hydroxylation is 1. The second kappa shape index (κ2) is 4.47. The van der Waals surface area contributed by atoms with Crippen molar-refractivity contribution >= 4 is 17.4 Å². The van der Waals surface area contributed by atoms with E-state index >= 15 is 0 Å². The van der Waals surface area contributed by atoms with Gasteiger partial charge in [-0.25, -0.2) is 0 Å². The summed E-state index contributed by atoms with van der Waals surface area (Å²) in [5, 5.41) is 0.497. The van der Waals surface area contributed by atoms with Crippen molar-refractivity contribution in [2.75, 3.05) is 6.61 Å². The summed E-state index contributed by atoms with van der Waals surface area (Å²) in [6.45, 7) is 5.77. The van der Waals surface area contributed by atoms with E-state index in [0.717, 1.165) is 5.56 Å². The first-order valence-corrected chi connectivity index (χ1v) is 4.88. The molecule has 0 saturated carbocycles. The molecule has 0 unspecified atom stereocenters. The minimum absolute atomic E-state index is 0.0287. The van der Waals surface area contributed by atoms with Crippen LogP contribution < -0.4 is 4.74 Å². The van der Waals surface area contributed by atoms with Crippen LogP contribution in [0.3, 0.4) is 0 Å². The van der Waals surface area contributed by atoms with Crippen molar-refractivity contribution < 1.29 is 9.53 Å². The van der Waals surface area contributed by atoms with Gasteiger partial charge in [0.25, 0.3) is 0 Å². The van der Waals surface area contributed by atoms with E-state index in [-0.39, 0.29) is 5.78 Å². The maximum atomic E-state index is 11.3. The lowest BCUT2D eigenvalue weighted by atomic mass is 10.1. The van der Waals surface area contributed by atoms with Crippen LogP contribution in [0.1, 0.15) is 29.8 Å². The lowest BCUT2D eigenvalue weighted by Gasteiger charge is -2.10. The minimum Gasteiger partial charge on any atom is -0.492 e. The van der Waals surface area contributed by atoms with Crippen LogP contribution in [0.5, 0.6) is 5.75 Å². The molecule has 1 aromatic carbocycles. The molecule has 3 heteroatoms. The van der Waals surface area contributed by atoms with Gasteiger partial charge in [0, 0.05) is 0 Å². The topological polar surface area (TPSA) is 26.3 Å². The average Bonchev–Trinajstić information content (AvgIpc) is 2.09. The predicted molar refractivity (Wildman–Crippen MR) is 57.4 cm³/mol. The van der Waals surface area contributed by atoms with Crippen LogP contribution in [0.25, 0.3) is 0 Å². The normalized spacial score (nSPS) is 10.0. The predicted octanol–water partition coefficient (Wildman–Crippen LogP) is 3.25. The number of ether oxygens (including phenoxy) is 1. The molecular formula is C11H13ClO2. The molecule has 1 aromatic rings. The summed E-state index contributed by atoms with van der Waals surface area (Å²) in [7, 11) is 0. The van der Waals surface area contributed by atoms with Crippen LogP contribution in [-0.2, 0) is 0 Å². The van der Waals surface area contributed by atoms with E-state index in [2.05, 4.69) is 0 Å². The first-order chi connectivity index (χ1) is 6.56. The van der Waals surface area contributed by atoms with E-state index in [0.29, 0.717) is 22.9 Å². The summed E-state index contributed by atoms with van der Waals surface area (Å²) in [5.74, 6) is 0.464. The van der Waals surface area contributed by atoms with E-state index in [1.54, 1.807) is 12.1 Å². The fourth-order valence-electron chi connectivity index (χ4n) is 1.28.